The Hall–Kier alpha value is -1.05. The molecular weight excluding hydrogens is 345 g/mol. The summed E-state index contributed by atoms with van der Waals surface area (Å²) in [6.07, 6.45) is 4.58. The molecule has 1 rings (SSSR count). The molecule has 0 aliphatic carbocycles. The van der Waals surface area contributed by atoms with Gasteiger partial charge in [-0.15, -0.1) is 0 Å². The Balaban J connectivity index is 2.06. The zero-order chi connectivity index (χ0) is 20.7. The predicted molar refractivity (Wildman–Crippen MR) is 109 cm³/mol. The van der Waals surface area contributed by atoms with Crippen LogP contribution in [-0.4, -0.2) is 61.7 Å². The Labute approximate surface area is 165 Å². The van der Waals surface area contributed by atoms with Crippen molar-refractivity contribution in [2.45, 2.75) is 84.5 Å². The Kier molecular flexibility index (Phi) is 8.83. The van der Waals surface area contributed by atoms with Crippen LogP contribution in [0.1, 0.15) is 67.7 Å². The summed E-state index contributed by atoms with van der Waals surface area (Å²) in [7, 11) is 1.45. The van der Waals surface area contributed by atoms with Crippen LogP contribution in [0.4, 0.5) is 4.79 Å². The summed E-state index contributed by atoms with van der Waals surface area (Å²) in [5, 5.41) is 0. The fraction of sp³-hybridized carbons (Fsp3) is 0.850. The zero-order valence-corrected chi connectivity index (χ0v) is 18.5. The topological polar surface area (TPSA) is 57.2 Å². The lowest BCUT2D eigenvalue weighted by Gasteiger charge is -2.32. The molecule has 0 aromatic carbocycles. The van der Waals surface area contributed by atoms with Gasteiger partial charge in [-0.2, -0.15) is 0 Å². The van der Waals surface area contributed by atoms with Crippen molar-refractivity contribution in [1.29, 1.82) is 0 Å². The van der Waals surface area contributed by atoms with Crippen molar-refractivity contribution in [3.8, 4) is 0 Å². The first-order valence-corrected chi connectivity index (χ1v) is 9.88. The van der Waals surface area contributed by atoms with E-state index >= 15 is 0 Å². The van der Waals surface area contributed by atoms with E-state index in [2.05, 4.69) is 0 Å². The van der Waals surface area contributed by atoms with Gasteiger partial charge in [0.15, 0.2) is 0 Å². The van der Waals surface area contributed by atoms with E-state index in [0.717, 1.165) is 19.3 Å². The van der Waals surface area contributed by atoms with E-state index in [1.165, 1.54) is 0 Å². The number of unbranched alkanes of at least 4 members (excludes halogenated alkanes) is 2. The second-order valence-corrected chi connectivity index (χ2v) is 9.09. The van der Waals surface area contributed by atoms with Crippen LogP contribution in [0.25, 0.3) is 0 Å². The third-order valence-corrected chi connectivity index (χ3v) is 4.77. The average Bonchev–Trinajstić information content (AvgIpc) is 2.71. The van der Waals surface area contributed by atoms with Crippen LogP contribution in [0.15, 0.2) is 12.1 Å². The van der Waals surface area contributed by atoms with Gasteiger partial charge < -0.3 is 23.7 Å². The maximum atomic E-state index is 11.8. The highest BCUT2D eigenvalue weighted by molar-refractivity contribution is 6.51. The van der Waals surface area contributed by atoms with Gasteiger partial charge in [-0.25, -0.2) is 4.79 Å². The molecule has 0 aromatic rings. The van der Waals surface area contributed by atoms with Crippen molar-refractivity contribution in [3.05, 3.63) is 12.1 Å². The van der Waals surface area contributed by atoms with E-state index in [1.54, 1.807) is 11.9 Å². The van der Waals surface area contributed by atoms with E-state index in [9.17, 15) is 4.79 Å². The average molecular weight is 383 g/mol. The van der Waals surface area contributed by atoms with Crippen LogP contribution in [0, 0.1) is 0 Å². The number of hydrogen-bond donors (Lipinski definition) is 0. The Morgan fingerprint density at radius 2 is 1.67 bits per heavy atom. The van der Waals surface area contributed by atoms with Crippen molar-refractivity contribution in [2.75, 3.05) is 26.8 Å². The van der Waals surface area contributed by atoms with Gasteiger partial charge in [0.25, 0.3) is 0 Å². The van der Waals surface area contributed by atoms with Gasteiger partial charge in [0.1, 0.15) is 5.60 Å². The quantitative estimate of drug-likeness (QED) is 0.441. The van der Waals surface area contributed by atoms with Gasteiger partial charge in [0, 0.05) is 20.2 Å². The van der Waals surface area contributed by atoms with Crippen molar-refractivity contribution >= 4 is 13.2 Å². The molecule has 0 N–H and O–H groups in total. The molecule has 156 valence electrons. The summed E-state index contributed by atoms with van der Waals surface area (Å²) in [4.78, 5) is 13.5. The van der Waals surface area contributed by atoms with Gasteiger partial charge >= 0.3 is 13.2 Å². The maximum Gasteiger partial charge on any atom is 0.486 e. The summed E-state index contributed by atoms with van der Waals surface area (Å²) in [6.45, 7) is 15.7. The molecule has 1 heterocycles. The molecular formula is C20H38BNO5. The second-order valence-electron chi connectivity index (χ2n) is 9.09. The van der Waals surface area contributed by atoms with Crippen LogP contribution in [0.3, 0.4) is 0 Å². The Morgan fingerprint density at radius 1 is 1.07 bits per heavy atom. The molecule has 0 aromatic heterocycles. The summed E-state index contributed by atoms with van der Waals surface area (Å²) in [5.41, 5.74) is -1.07. The number of rotatable bonds is 9. The highest BCUT2D eigenvalue weighted by Crippen LogP contribution is 2.36. The number of carbonyl (C=O) groups excluding carboxylic acids is 1. The van der Waals surface area contributed by atoms with Crippen molar-refractivity contribution in [1.82, 2.24) is 4.90 Å². The first kappa shape index (κ1) is 24.0. The molecule has 0 atom stereocenters. The molecule has 1 aliphatic rings. The van der Waals surface area contributed by atoms with Crippen LogP contribution in [-0.2, 0) is 18.8 Å². The number of amides is 1. The fourth-order valence-corrected chi connectivity index (χ4v) is 2.45. The second kappa shape index (κ2) is 9.94. The largest absolute Gasteiger partial charge is 0.486 e. The van der Waals surface area contributed by atoms with Crippen LogP contribution in [0.2, 0.25) is 0 Å². The Morgan fingerprint density at radius 3 is 2.22 bits per heavy atom. The van der Waals surface area contributed by atoms with Gasteiger partial charge in [0.2, 0.25) is 0 Å². The third-order valence-electron chi connectivity index (χ3n) is 4.77. The number of ether oxygens (including phenoxy) is 2. The van der Waals surface area contributed by atoms with E-state index in [4.69, 9.17) is 18.8 Å². The molecule has 0 saturated carbocycles. The van der Waals surface area contributed by atoms with Crippen LogP contribution in [0.5, 0.6) is 0 Å². The zero-order valence-electron chi connectivity index (χ0n) is 18.5. The minimum Gasteiger partial charge on any atom is -0.444 e. The van der Waals surface area contributed by atoms with Crippen molar-refractivity contribution in [3.63, 3.8) is 0 Å². The summed E-state index contributed by atoms with van der Waals surface area (Å²) >= 11 is 0. The minimum atomic E-state index is -0.452. The predicted octanol–water partition coefficient (Wildman–Crippen LogP) is 4.23. The molecule has 7 heteroatoms. The molecule has 27 heavy (non-hydrogen) atoms. The molecule has 0 bridgehead atoms. The maximum absolute atomic E-state index is 11.8. The lowest BCUT2D eigenvalue weighted by molar-refractivity contribution is 0.00578. The van der Waals surface area contributed by atoms with E-state index < -0.39 is 5.60 Å². The van der Waals surface area contributed by atoms with Gasteiger partial charge in [-0.3, -0.25) is 0 Å². The first-order chi connectivity index (χ1) is 12.3. The molecule has 1 amide bonds. The summed E-state index contributed by atoms with van der Waals surface area (Å²) in [5.74, 6) is 1.91. The van der Waals surface area contributed by atoms with Crippen molar-refractivity contribution in [2.24, 2.45) is 0 Å². The van der Waals surface area contributed by atoms with E-state index in [1.807, 2.05) is 60.5 Å². The molecule has 6 nitrogen and oxygen atoms in total. The molecule has 0 radical (unpaired) electrons. The SMILES string of the molecule is CN(CCCCCOCC=CB1OC(C)(C)C(C)(C)O1)C(=O)OC(C)(C)C. The first-order valence-electron chi connectivity index (χ1n) is 9.88. The van der Waals surface area contributed by atoms with Crippen molar-refractivity contribution < 1.29 is 23.6 Å². The molecule has 1 saturated heterocycles. The lowest BCUT2D eigenvalue weighted by Crippen LogP contribution is -2.41. The minimum absolute atomic E-state index is 0.272. The molecule has 0 spiro atoms. The Bertz CT molecular complexity index is 483. The van der Waals surface area contributed by atoms with Crippen LogP contribution < -0.4 is 0 Å². The molecule has 1 fully saturated rings. The monoisotopic (exact) mass is 383 g/mol. The highest BCUT2D eigenvalue weighted by Gasteiger charge is 2.49. The fourth-order valence-electron chi connectivity index (χ4n) is 2.45. The summed E-state index contributed by atoms with van der Waals surface area (Å²) < 4.78 is 22.7. The number of carbonyl (C=O) groups is 1. The van der Waals surface area contributed by atoms with Crippen LogP contribution >= 0.6 is 0 Å². The van der Waals surface area contributed by atoms with Gasteiger partial charge in [0.05, 0.1) is 17.8 Å². The smallest absolute Gasteiger partial charge is 0.444 e. The molecule has 0 unspecified atom stereocenters. The van der Waals surface area contributed by atoms with E-state index in [-0.39, 0.29) is 24.4 Å². The summed E-state index contributed by atoms with van der Waals surface area (Å²) in [6, 6.07) is 0. The number of nitrogens with zero attached hydrogens (tertiary/aromatic N) is 1. The van der Waals surface area contributed by atoms with Gasteiger partial charge in [-0.1, -0.05) is 12.1 Å². The third kappa shape index (κ3) is 8.67. The molecule has 1 aliphatic heterocycles. The highest BCUT2D eigenvalue weighted by atomic mass is 16.7. The standard InChI is InChI=1S/C20H38BNO5/c1-18(2,3)25-17(23)22(8)14-10-9-11-15-24-16-12-13-21-26-19(4,5)20(6,7)27-21/h12-13H,9-11,14-16H2,1-8H3. The number of hydrogen-bond acceptors (Lipinski definition) is 5. The van der Waals surface area contributed by atoms with E-state index in [0.29, 0.717) is 19.8 Å². The normalized spacial score (nSPS) is 18.9. The van der Waals surface area contributed by atoms with Gasteiger partial charge in [-0.05, 0) is 67.7 Å². The lowest BCUT2D eigenvalue weighted by atomic mass is 9.90.